The molecule has 1 nitrogen and oxygen atoms in total. The highest BCUT2D eigenvalue weighted by atomic mass is 32.2. The zero-order valence-corrected chi connectivity index (χ0v) is 22.5. The van der Waals surface area contributed by atoms with Crippen LogP contribution in [0.2, 0.25) is 19.1 Å². The Labute approximate surface area is 202 Å². The minimum absolute atomic E-state index is 0.312. The second-order valence-corrected chi connectivity index (χ2v) is 15.6. The lowest BCUT2D eigenvalue weighted by Gasteiger charge is -2.24. The molecule has 0 aromatic heterocycles. The standard InChI is InChI=1S/C25H41F5OSSi/c1-19(2)31-15-17-32-16-13-11-9-7-5-6-8-10-12-14-18-33(3,4)25-23(29)21(27)20(26)22(28)24(25)30/h19H,5-18H2,1-4H3. The van der Waals surface area contributed by atoms with Crippen LogP contribution in [0.25, 0.3) is 0 Å². The Bertz CT molecular complexity index is 671. The first-order valence-corrected chi connectivity index (χ1v) is 16.7. The lowest BCUT2D eigenvalue weighted by atomic mass is 10.1. The molecule has 0 amide bonds. The topological polar surface area (TPSA) is 9.23 Å². The SMILES string of the molecule is CC(C)OCCSCCCCCCCCCCCC[Si](C)(C)c1c(F)c(F)c(F)c(F)c1F. The molecule has 1 aromatic carbocycles. The Balaban J connectivity index is 2.10. The maximum absolute atomic E-state index is 14.1. The van der Waals surface area contributed by atoms with E-state index in [-0.39, 0.29) is 0 Å². The molecule has 0 aliphatic rings. The molecule has 0 saturated heterocycles. The molecule has 0 aliphatic carbocycles. The first-order valence-electron chi connectivity index (χ1n) is 12.3. The Kier molecular flexibility index (Phi) is 14.9. The van der Waals surface area contributed by atoms with E-state index in [4.69, 9.17) is 4.74 Å². The summed E-state index contributed by atoms with van der Waals surface area (Å²) in [5, 5.41) is -0.568. The number of hydrogen-bond acceptors (Lipinski definition) is 2. The number of halogens is 5. The molecule has 0 heterocycles. The van der Waals surface area contributed by atoms with Gasteiger partial charge in [0.2, 0.25) is 5.82 Å². The molecule has 0 spiro atoms. The van der Waals surface area contributed by atoms with Gasteiger partial charge in [-0.15, -0.1) is 0 Å². The van der Waals surface area contributed by atoms with Gasteiger partial charge in [0.25, 0.3) is 0 Å². The molecular formula is C25H41F5OSSi. The van der Waals surface area contributed by atoms with Crippen LogP contribution < -0.4 is 5.19 Å². The normalized spacial score (nSPS) is 12.2. The van der Waals surface area contributed by atoms with E-state index in [1.54, 1.807) is 13.1 Å². The van der Waals surface area contributed by atoms with Gasteiger partial charge in [-0.2, -0.15) is 11.8 Å². The van der Waals surface area contributed by atoms with Gasteiger partial charge < -0.3 is 4.74 Å². The molecule has 0 aliphatic heterocycles. The highest BCUT2D eigenvalue weighted by molar-refractivity contribution is 7.99. The number of benzene rings is 1. The van der Waals surface area contributed by atoms with Gasteiger partial charge in [-0.3, -0.25) is 0 Å². The number of rotatable bonds is 18. The summed E-state index contributed by atoms with van der Waals surface area (Å²) < 4.78 is 74.1. The van der Waals surface area contributed by atoms with Crippen LogP contribution >= 0.6 is 11.8 Å². The molecule has 192 valence electrons. The van der Waals surface area contributed by atoms with Crippen LogP contribution in [0.5, 0.6) is 0 Å². The van der Waals surface area contributed by atoms with Gasteiger partial charge in [0, 0.05) is 10.9 Å². The van der Waals surface area contributed by atoms with Crippen molar-refractivity contribution in [1.82, 2.24) is 0 Å². The predicted molar refractivity (Wildman–Crippen MR) is 133 cm³/mol. The van der Waals surface area contributed by atoms with Crippen molar-refractivity contribution in [3.8, 4) is 0 Å². The Hall–Kier alpha value is -0.603. The number of unbranched alkanes of at least 4 members (excludes halogenated alkanes) is 9. The summed E-state index contributed by atoms with van der Waals surface area (Å²) >= 11 is 1.96. The van der Waals surface area contributed by atoms with E-state index in [1.807, 2.05) is 11.8 Å². The molecule has 0 N–H and O–H groups in total. The Morgan fingerprint density at radius 2 is 1.06 bits per heavy atom. The van der Waals surface area contributed by atoms with Crippen molar-refractivity contribution >= 4 is 25.0 Å². The number of hydrogen-bond donors (Lipinski definition) is 0. The van der Waals surface area contributed by atoms with E-state index in [0.717, 1.165) is 38.0 Å². The zero-order chi connectivity index (χ0) is 24.9. The van der Waals surface area contributed by atoms with E-state index in [9.17, 15) is 22.0 Å². The average molecular weight is 513 g/mol. The fourth-order valence-electron chi connectivity index (χ4n) is 3.95. The molecule has 0 atom stereocenters. The van der Waals surface area contributed by atoms with Crippen LogP contribution in [0, 0.1) is 29.1 Å². The third-order valence-electron chi connectivity index (χ3n) is 5.91. The Morgan fingerprint density at radius 3 is 1.55 bits per heavy atom. The van der Waals surface area contributed by atoms with Crippen LogP contribution in [0.1, 0.15) is 78.1 Å². The van der Waals surface area contributed by atoms with Crippen molar-refractivity contribution in [2.75, 3.05) is 18.1 Å². The van der Waals surface area contributed by atoms with Crippen molar-refractivity contribution in [2.24, 2.45) is 0 Å². The van der Waals surface area contributed by atoms with E-state index in [1.165, 1.54) is 44.3 Å². The van der Waals surface area contributed by atoms with Gasteiger partial charge in [-0.05, 0) is 26.0 Å². The van der Waals surface area contributed by atoms with Gasteiger partial charge >= 0.3 is 0 Å². The summed E-state index contributed by atoms with van der Waals surface area (Å²) in [7, 11) is -2.77. The largest absolute Gasteiger partial charge is 0.378 e. The second kappa shape index (κ2) is 16.1. The van der Waals surface area contributed by atoms with E-state index in [0.29, 0.717) is 12.1 Å². The maximum atomic E-state index is 14.1. The molecular weight excluding hydrogens is 471 g/mol. The first kappa shape index (κ1) is 30.4. The third kappa shape index (κ3) is 11.1. The predicted octanol–water partition coefficient (Wildman–Crippen LogP) is 8.36. The van der Waals surface area contributed by atoms with Crippen molar-refractivity contribution in [3.63, 3.8) is 0 Å². The van der Waals surface area contributed by atoms with Crippen molar-refractivity contribution < 1.29 is 26.7 Å². The summed E-state index contributed by atoms with van der Waals surface area (Å²) in [6, 6.07) is 0.507. The van der Waals surface area contributed by atoms with Gasteiger partial charge in [-0.1, -0.05) is 76.9 Å². The minimum Gasteiger partial charge on any atom is -0.378 e. The van der Waals surface area contributed by atoms with Gasteiger partial charge in [0.05, 0.1) is 20.8 Å². The molecule has 1 aromatic rings. The Morgan fingerprint density at radius 1 is 0.636 bits per heavy atom. The molecule has 0 saturated carbocycles. The van der Waals surface area contributed by atoms with Crippen LogP contribution in [0.3, 0.4) is 0 Å². The fraction of sp³-hybridized carbons (Fsp3) is 0.760. The highest BCUT2D eigenvalue weighted by Crippen LogP contribution is 2.24. The van der Waals surface area contributed by atoms with Gasteiger partial charge in [0.15, 0.2) is 23.3 Å². The molecule has 0 unspecified atom stereocenters. The summed E-state index contributed by atoms with van der Waals surface area (Å²) in [5.41, 5.74) is 0. The van der Waals surface area contributed by atoms with Crippen LogP contribution in [-0.2, 0) is 4.74 Å². The number of thioether (sulfide) groups is 1. The number of ether oxygens (including phenoxy) is 1. The molecule has 0 bridgehead atoms. The molecule has 0 fully saturated rings. The minimum atomic E-state index is -2.77. The average Bonchev–Trinajstić information content (AvgIpc) is 2.75. The zero-order valence-electron chi connectivity index (χ0n) is 20.7. The lowest BCUT2D eigenvalue weighted by Crippen LogP contribution is -2.47. The smallest absolute Gasteiger partial charge is 0.200 e. The van der Waals surface area contributed by atoms with E-state index in [2.05, 4.69) is 13.8 Å². The monoisotopic (exact) mass is 512 g/mol. The first-order chi connectivity index (χ1) is 15.6. The maximum Gasteiger partial charge on any atom is 0.200 e. The fourth-order valence-corrected chi connectivity index (χ4v) is 7.57. The molecule has 1 rings (SSSR count). The lowest BCUT2D eigenvalue weighted by molar-refractivity contribution is 0.0920. The highest BCUT2D eigenvalue weighted by Gasteiger charge is 2.35. The van der Waals surface area contributed by atoms with Crippen molar-refractivity contribution in [1.29, 1.82) is 0 Å². The summed E-state index contributed by atoms with van der Waals surface area (Å²) in [6.07, 6.45) is 11.6. The van der Waals surface area contributed by atoms with E-state index < -0.39 is 42.3 Å². The van der Waals surface area contributed by atoms with E-state index >= 15 is 0 Å². The summed E-state index contributed by atoms with van der Waals surface area (Å²) in [4.78, 5) is 0. The molecule has 8 heteroatoms. The van der Waals surface area contributed by atoms with Crippen LogP contribution in [0.4, 0.5) is 22.0 Å². The molecule has 0 radical (unpaired) electrons. The van der Waals surface area contributed by atoms with Crippen molar-refractivity contribution in [3.05, 3.63) is 29.1 Å². The van der Waals surface area contributed by atoms with Crippen LogP contribution in [-0.4, -0.2) is 32.3 Å². The van der Waals surface area contributed by atoms with Crippen molar-refractivity contribution in [2.45, 2.75) is 103 Å². The van der Waals surface area contributed by atoms with Gasteiger partial charge in [0.1, 0.15) is 0 Å². The summed E-state index contributed by atoms with van der Waals surface area (Å²) in [6.45, 7) is 8.28. The van der Waals surface area contributed by atoms with Gasteiger partial charge in [-0.25, -0.2) is 22.0 Å². The quantitative estimate of drug-likeness (QED) is 0.0642. The third-order valence-corrected chi connectivity index (χ3v) is 10.3. The van der Waals surface area contributed by atoms with Crippen LogP contribution in [0.15, 0.2) is 0 Å². The summed E-state index contributed by atoms with van der Waals surface area (Å²) in [5.74, 6) is -6.78. The molecule has 33 heavy (non-hydrogen) atoms. The second-order valence-electron chi connectivity index (χ2n) is 9.65.